The summed E-state index contributed by atoms with van der Waals surface area (Å²) < 4.78 is 10.1. The second-order valence-electron chi connectivity index (χ2n) is 3.53. The number of aliphatic imine (C=N–C) groups is 1. The van der Waals surface area contributed by atoms with E-state index in [0.29, 0.717) is 18.0 Å². The van der Waals surface area contributed by atoms with Gasteiger partial charge < -0.3 is 9.47 Å². The largest absolute Gasteiger partial charge is 0.493 e. The van der Waals surface area contributed by atoms with Gasteiger partial charge in [0.05, 0.1) is 19.3 Å². The van der Waals surface area contributed by atoms with Crippen molar-refractivity contribution in [1.29, 1.82) is 0 Å². The molecule has 0 radical (unpaired) electrons. The molecule has 0 amide bonds. The molecule has 0 saturated heterocycles. The van der Waals surface area contributed by atoms with Gasteiger partial charge in [-0.25, -0.2) is 5.06 Å². The van der Waals surface area contributed by atoms with Crippen LogP contribution >= 0.6 is 0 Å². The highest BCUT2D eigenvalue weighted by Crippen LogP contribution is 2.36. The van der Waals surface area contributed by atoms with Gasteiger partial charge in [-0.1, -0.05) is 0 Å². The van der Waals surface area contributed by atoms with Crippen LogP contribution in [0.25, 0.3) is 0 Å². The number of hydrogen-bond donors (Lipinski definition) is 1. The van der Waals surface area contributed by atoms with Gasteiger partial charge >= 0.3 is 5.97 Å². The Labute approximate surface area is 98.0 Å². The van der Waals surface area contributed by atoms with E-state index in [1.165, 1.54) is 20.4 Å². The highest BCUT2D eigenvalue weighted by molar-refractivity contribution is 5.82. The van der Waals surface area contributed by atoms with Crippen LogP contribution in [-0.4, -0.2) is 24.6 Å². The summed E-state index contributed by atoms with van der Waals surface area (Å²) in [5.74, 6) is 0.259. The molecule has 0 fully saturated rings. The number of anilines is 1. The van der Waals surface area contributed by atoms with Crippen molar-refractivity contribution in [2.45, 2.75) is 13.5 Å². The molecular weight excluding hydrogens is 224 g/mol. The molecule has 1 N–H and O–H groups in total. The summed E-state index contributed by atoms with van der Waals surface area (Å²) in [5, 5.41) is 10.5. The van der Waals surface area contributed by atoms with Crippen LogP contribution in [0.1, 0.15) is 12.5 Å². The van der Waals surface area contributed by atoms with Gasteiger partial charge in [0.15, 0.2) is 11.5 Å². The third kappa shape index (κ3) is 2.21. The molecule has 2 rings (SSSR count). The molecule has 0 saturated carbocycles. The SMILES string of the molecule is COc1cc2c(cc1OC(C)=O)N(O)C=NC2. The molecule has 1 aliphatic rings. The molecule has 1 heterocycles. The Hall–Kier alpha value is -2.08. The van der Waals surface area contributed by atoms with Crippen LogP contribution in [0.2, 0.25) is 0 Å². The Bertz CT molecular complexity index is 485. The van der Waals surface area contributed by atoms with Crippen LogP contribution in [-0.2, 0) is 11.3 Å². The summed E-state index contributed by atoms with van der Waals surface area (Å²) in [5.41, 5.74) is 1.32. The molecule has 0 atom stereocenters. The Morgan fingerprint density at radius 2 is 2.24 bits per heavy atom. The van der Waals surface area contributed by atoms with Crippen molar-refractivity contribution in [1.82, 2.24) is 0 Å². The molecular formula is C11H12N2O4. The number of hydrogen-bond acceptors (Lipinski definition) is 6. The van der Waals surface area contributed by atoms with E-state index in [2.05, 4.69) is 4.99 Å². The third-order valence-electron chi connectivity index (χ3n) is 2.32. The number of esters is 1. The van der Waals surface area contributed by atoms with Gasteiger partial charge in [0.1, 0.15) is 6.34 Å². The van der Waals surface area contributed by atoms with Crippen molar-refractivity contribution in [3.05, 3.63) is 17.7 Å². The maximum atomic E-state index is 11.0. The Kier molecular flexibility index (Phi) is 2.97. The molecule has 6 heteroatoms. The summed E-state index contributed by atoms with van der Waals surface area (Å²) in [7, 11) is 1.48. The van der Waals surface area contributed by atoms with Gasteiger partial charge in [-0.2, -0.15) is 0 Å². The predicted molar refractivity (Wildman–Crippen MR) is 60.8 cm³/mol. The van der Waals surface area contributed by atoms with Gasteiger partial charge in [-0.3, -0.25) is 15.0 Å². The molecule has 0 unspecified atom stereocenters. The molecule has 0 bridgehead atoms. The van der Waals surface area contributed by atoms with Crippen molar-refractivity contribution in [2.75, 3.05) is 12.2 Å². The summed E-state index contributed by atoms with van der Waals surface area (Å²) >= 11 is 0. The van der Waals surface area contributed by atoms with Gasteiger partial charge in [-0.05, 0) is 6.07 Å². The number of ether oxygens (including phenoxy) is 2. The monoisotopic (exact) mass is 236 g/mol. The fourth-order valence-electron chi connectivity index (χ4n) is 1.60. The van der Waals surface area contributed by atoms with Crippen molar-refractivity contribution in [3.63, 3.8) is 0 Å². The maximum Gasteiger partial charge on any atom is 0.308 e. The van der Waals surface area contributed by atoms with E-state index in [1.54, 1.807) is 12.1 Å². The quantitative estimate of drug-likeness (QED) is 0.620. The molecule has 0 aromatic heterocycles. The van der Waals surface area contributed by atoms with Crippen molar-refractivity contribution in [3.8, 4) is 11.5 Å². The summed E-state index contributed by atoms with van der Waals surface area (Å²) in [6, 6.07) is 3.23. The second-order valence-corrected chi connectivity index (χ2v) is 3.53. The number of carbonyl (C=O) groups is 1. The van der Waals surface area contributed by atoms with Gasteiger partial charge in [0, 0.05) is 18.6 Å². The molecule has 1 aliphatic heterocycles. The lowest BCUT2D eigenvalue weighted by Gasteiger charge is -2.21. The van der Waals surface area contributed by atoms with E-state index in [-0.39, 0.29) is 5.75 Å². The van der Waals surface area contributed by atoms with Gasteiger partial charge in [0.25, 0.3) is 0 Å². The van der Waals surface area contributed by atoms with E-state index in [0.717, 1.165) is 10.6 Å². The predicted octanol–water partition coefficient (Wildman–Crippen LogP) is 1.36. The number of methoxy groups -OCH3 is 1. The average molecular weight is 236 g/mol. The number of rotatable bonds is 2. The summed E-state index contributed by atoms with van der Waals surface area (Å²) in [4.78, 5) is 14.9. The minimum Gasteiger partial charge on any atom is -0.493 e. The van der Waals surface area contributed by atoms with E-state index in [9.17, 15) is 10.0 Å². The summed E-state index contributed by atoms with van der Waals surface area (Å²) in [6.45, 7) is 1.75. The first-order valence-corrected chi connectivity index (χ1v) is 4.99. The zero-order valence-corrected chi connectivity index (χ0v) is 9.51. The van der Waals surface area contributed by atoms with Gasteiger partial charge in [0.2, 0.25) is 0 Å². The molecule has 17 heavy (non-hydrogen) atoms. The van der Waals surface area contributed by atoms with Crippen molar-refractivity contribution >= 4 is 18.0 Å². The smallest absolute Gasteiger partial charge is 0.308 e. The third-order valence-corrected chi connectivity index (χ3v) is 2.32. The highest BCUT2D eigenvalue weighted by atomic mass is 16.6. The van der Waals surface area contributed by atoms with E-state index >= 15 is 0 Å². The molecule has 6 nitrogen and oxygen atoms in total. The van der Waals surface area contributed by atoms with Crippen LogP contribution in [0.3, 0.4) is 0 Å². The average Bonchev–Trinajstić information content (AvgIpc) is 2.29. The van der Waals surface area contributed by atoms with E-state index < -0.39 is 5.97 Å². The van der Waals surface area contributed by atoms with E-state index in [4.69, 9.17) is 9.47 Å². The first-order chi connectivity index (χ1) is 8.11. The van der Waals surface area contributed by atoms with Gasteiger partial charge in [-0.15, -0.1) is 0 Å². The molecule has 0 aliphatic carbocycles. The normalized spacial score (nSPS) is 13.2. The number of nitrogens with zero attached hydrogens (tertiary/aromatic N) is 2. The minimum absolute atomic E-state index is 0.271. The highest BCUT2D eigenvalue weighted by Gasteiger charge is 2.18. The molecule has 90 valence electrons. The fraction of sp³-hybridized carbons (Fsp3) is 0.273. The Morgan fingerprint density at radius 3 is 2.88 bits per heavy atom. The Balaban J connectivity index is 2.46. The lowest BCUT2D eigenvalue weighted by Crippen LogP contribution is -2.20. The maximum absolute atomic E-state index is 11.0. The fourth-order valence-corrected chi connectivity index (χ4v) is 1.60. The lowest BCUT2D eigenvalue weighted by atomic mass is 10.1. The molecule has 0 spiro atoms. The van der Waals surface area contributed by atoms with Crippen LogP contribution < -0.4 is 14.5 Å². The number of benzene rings is 1. The zero-order valence-electron chi connectivity index (χ0n) is 9.51. The van der Waals surface area contributed by atoms with Crippen molar-refractivity contribution < 1.29 is 19.5 Å². The standard InChI is InChI=1S/C11H12N2O4/c1-7(14)17-11-4-9-8(3-10(11)16-2)5-12-6-13(9)15/h3-4,6,15H,5H2,1-2H3. The van der Waals surface area contributed by atoms with Crippen LogP contribution in [0.5, 0.6) is 11.5 Å². The van der Waals surface area contributed by atoms with E-state index in [1.807, 2.05) is 0 Å². The molecule has 1 aromatic carbocycles. The summed E-state index contributed by atoms with van der Waals surface area (Å²) in [6.07, 6.45) is 1.30. The second kappa shape index (κ2) is 4.42. The van der Waals surface area contributed by atoms with Crippen LogP contribution in [0.4, 0.5) is 5.69 Å². The van der Waals surface area contributed by atoms with Crippen molar-refractivity contribution in [2.24, 2.45) is 4.99 Å². The topological polar surface area (TPSA) is 71.4 Å². The lowest BCUT2D eigenvalue weighted by molar-refractivity contribution is -0.132. The van der Waals surface area contributed by atoms with Crippen LogP contribution in [0, 0.1) is 0 Å². The zero-order chi connectivity index (χ0) is 12.4. The van der Waals surface area contributed by atoms with Crippen LogP contribution in [0.15, 0.2) is 17.1 Å². The first-order valence-electron chi connectivity index (χ1n) is 4.99. The minimum atomic E-state index is -0.447. The molecule has 1 aromatic rings. The Morgan fingerprint density at radius 1 is 1.47 bits per heavy atom. The first kappa shape index (κ1) is 11.4. The number of fused-ring (bicyclic) bond motifs is 1. The number of carbonyl (C=O) groups excluding carboxylic acids is 1. The number of hydroxylamine groups is 1.